The van der Waals surface area contributed by atoms with Crippen LogP contribution in [0.1, 0.15) is 63.8 Å². The van der Waals surface area contributed by atoms with E-state index >= 15 is 0 Å². The first-order valence-corrected chi connectivity index (χ1v) is 13.0. The molecular weight excluding hydrogens is 458 g/mol. The number of unbranched alkanes of at least 4 members (excludes halogenated alkanes) is 3. The molecule has 0 radical (unpaired) electrons. The summed E-state index contributed by atoms with van der Waals surface area (Å²) >= 11 is 0. The Morgan fingerprint density at radius 3 is 2.44 bits per heavy atom. The highest BCUT2D eigenvalue weighted by Gasteiger charge is 2.20. The molecular formula is C27H39N5O4. The van der Waals surface area contributed by atoms with Crippen molar-refractivity contribution < 1.29 is 9.53 Å². The molecule has 196 valence electrons. The number of nitrogens with one attached hydrogen (secondary N) is 1. The van der Waals surface area contributed by atoms with Crippen LogP contribution in [0.25, 0.3) is 11.2 Å². The average molecular weight is 498 g/mol. The quantitative estimate of drug-likeness (QED) is 0.324. The zero-order valence-electron chi connectivity index (χ0n) is 21.8. The maximum atomic E-state index is 13.3. The minimum Gasteiger partial charge on any atom is -0.383 e. The van der Waals surface area contributed by atoms with Crippen LogP contribution < -0.4 is 11.2 Å². The number of ether oxygens (including phenoxy) is 1. The van der Waals surface area contributed by atoms with E-state index in [-0.39, 0.29) is 12.3 Å². The Kier molecular flexibility index (Phi) is 10.5. The maximum Gasteiger partial charge on any atom is 0.330 e. The lowest BCUT2D eigenvalue weighted by molar-refractivity contribution is -0.132. The number of hydrogen-bond donors (Lipinski definition) is 1. The summed E-state index contributed by atoms with van der Waals surface area (Å²) in [7, 11) is 1.62. The van der Waals surface area contributed by atoms with E-state index in [0.29, 0.717) is 56.2 Å². The number of H-pyrrole nitrogens is 1. The van der Waals surface area contributed by atoms with Gasteiger partial charge in [-0.05, 0) is 18.4 Å². The van der Waals surface area contributed by atoms with Crippen molar-refractivity contribution in [1.82, 2.24) is 24.0 Å². The summed E-state index contributed by atoms with van der Waals surface area (Å²) < 4.78 is 8.70. The van der Waals surface area contributed by atoms with Gasteiger partial charge in [0, 0.05) is 46.1 Å². The number of carbonyl (C=O) groups is 1. The van der Waals surface area contributed by atoms with Crippen molar-refractivity contribution in [2.75, 3.05) is 20.3 Å². The normalized spacial score (nSPS) is 11.3. The summed E-state index contributed by atoms with van der Waals surface area (Å²) in [5.74, 6) is 0.669. The van der Waals surface area contributed by atoms with Crippen molar-refractivity contribution >= 4 is 17.1 Å². The van der Waals surface area contributed by atoms with E-state index in [9.17, 15) is 14.4 Å². The van der Waals surface area contributed by atoms with Crippen molar-refractivity contribution in [3.63, 3.8) is 0 Å². The molecule has 9 heteroatoms. The second-order valence-corrected chi connectivity index (χ2v) is 9.12. The predicted octanol–water partition coefficient (Wildman–Crippen LogP) is 3.48. The minimum atomic E-state index is -0.435. The van der Waals surface area contributed by atoms with Gasteiger partial charge in [-0.25, -0.2) is 9.78 Å². The number of fused-ring (bicyclic) bond motifs is 1. The number of aromatic amines is 1. The first kappa shape index (κ1) is 27.4. The minimum absolute atomic E-state index is 0.000324. The van der Waals surface area contributed by atoms with E-state index in [0.717, 1.165) is 37.7 Å². The number of amides is 1. The fourth-order valence-corrected chi connectivity index (χ4v) is 4.37. The van der Waals surface area contributed by atoms with Gasteiger partial charge < -0.3 is 14.2 Å². The van der Waals surface area contributed by atoms with Crippen molar-refractivity contribution in [2.45, 2.75) is 78.4 Å². The zero-order valence-corrected chi connectivity index (χ0v) is 21.8. The molecule has 0 saturated heterocycles. The smallest absolute Gasteiger partial charge is 0.330 e. The molecule has 0 atom stereocenters. The number of rotatable bonds is 15. The molecule has 9 nitrogen and oxygen atoms in total. The van der Waals surface area contributed by atoms with Gasteiger partial charge in [0.15, 0.2) is 11.2 Å². The number of methoxy groups -OCH3 is 1. The number of benzene rings is 1. The predicted molar refractivity (Wildman–Crippen MR) is 141 cm³/mol. The average Bonchev–Trinajstić information content (AvgIpc) is 3.24. The third-order valence-electron chi connectivity index (χ3n) is 6.38. The highest BCUT2D eigenvalue weighted by molar-refractivity contribution is 5.77. The Morgan fingerprint density at radius 1 is 1.03 bits per heavy atom. The largest absolute Gasteiger partial charge is 0.383 e. The van der Waals surface area contributed by atoms with Gasteiger partial charge in [0.2, 0.25) is 5.91 Å². The molecule has 0 saturated carbocycles. The van der Waals surface area contributed by atoms with Crippen LogP contribution >= 0.6 is 0 Å². The van der Waals surface area contributed by atoms with E-state index in [1.54, 1.807) is 16.6 Å². The van der Waals surface area contributed by atoms with Crippen LogP contribution in [-0.4, -0.2) is 50.2 Å². The van der Waals surface area contributed by atoms with Crippen LogP contribution in [0, 0.1) is 0 Å². The van der Waals surface area contributed by atoms with Gasteiger partial charge in [-0.3, -0.25) is 19.1 Å². The van der Waals surface area contributed by atoms with Crippen LogP contribution in [0.3, 0.4) is 0 Å². The van der Waals surface area contributed by atoms with Gasteiger partial charge >= 0.3 is 5.69 Å². The molecule has 3 aromatic rings. The van der Waals surface area contributed by atoms with Crippen molar-refractivity contribution in [1.29, 1.82) is 0 Å². The van der Waals surface area contributed by atoms with Gasteiger partial charge in [-0.2, -0.15) is 0 Å². The topological polar surface area (TPSA) is 102 Å². The van der Waals surface area contributed by atoms with Crippen molar-refractivity contribution in [3.8, 4) is 0 Å². The summed E-state index contributed by atoms with van der Waals surface area (Å²) in [6, 6.07) is 9.88. The SMILES string of the molecule is CCCCCn1c(CCC(=O)N(CCOC)Cc2ccccc2)nc2c1c(=O)[nH]c(=O)n2CCCC. The van der Waals surface area contributed by atoms with E-state index in [2.05, 4.69) is 18.8 Å². The number of aryl methyl sites for hydroxylation is 3. The summed E-state index contributed by atoms with van der Waals surface area (Å²) in [6.07, 6.45) is 5.34. The molecule has 1 aromatic carbocycles. The highest BCUT2D eigenvalue weighted by atomic mass is 16.5. The Balaban J connectivity index is 1.89. The van der Waals surface area contributed by atoms with Crippen molar-refractivity contribution in [2.24, 2.45) is 0 Å². The Bertz CT molecular complexity index is 1230. The third kappa shape index (κ3) is 6.94. The van der Waals surface area contributed by atoms with Gasteiger partial charge in [0.1, 0.15) is 5.82 Å². The van der Waals surface area contributed by atoms with Gasteiger partial charge in [-0.1, -0.05) is 63.4 Å². The van der Waals surface area contributed by atoms with Crippen LogP contribution in [0.5, 0.6) is 0 Å². The number of imidazole rings is 1. The molecule has 36 heavy (non-hydrogen) atoms. The lowest BCUT2D eigenvalue weighted by Gasteiger charge is -2.22. The fraction of sp³-hybridized carbons (Fsp3) is 0.556. The van der Waals surface area contributed by atoms with E-state index in [4.69, 9.17) is 9.72 Å². The molecule has 0 spiro atoms. The first-order valence-electron chi connectivity index (χ1n) is 13.0. The van der Waals surface area contributed by atoms with E-state index < -0.39 is 11.2 Å². The molecule has 0 fully saturated rings. The summed E-state index contributed by atoms with van der Waals surface area (Å²) in [5.41, 5.74) is 1.03. The van der Waals surface area contributed by atoms with Crippen LogP contribution in [-0.2, 0) is 35.6 Å². The second-order valence-electron chi connectivity index (χ2n) is 9.12. The van der Waals surface area contributed by atoms with Crippen LogP contribution in [0.4, 0.5) is 0 Å². The number of nitrogens with zero attached hydrogens (tertiary/aromatic N) is 4. The molecule has 0 aliphatic heterocycles. The number of aromatic nitrogens is 4. The Hall–Kier alpha value is -3.20. The fourth-order valence-electron chi connectivity index (χ4n) is 4.37. The molecule has 2 aromatic heterocycles. The number of carbonyl (C=O) groups excluding carboxylic acids is 1. The molecule has 0 bridgehead atoms. The van der Waals surface area contributed by atoms with Gasteiger partial charge in [0.05, 0.1) is 6.61 Å². The Labute approximate surface area is 212 Å². The summed E-state index contributed by atoms with van der Waals surface area (Å²) in [4.78, 5) is 47.7. The molecule has 0 aliphatic carbocycles. The highest BCUT2D eigenvalue weighted by Crippen LogP contribution is 2.16. The molecule has 2 heterocycles. The first-order chi connectivity index (χ1) is 17.5. The van der Waals surface area contributed by atoms with Crippen LogP contribution in [0.2, 0.25) is 0 Å². The summed E-state index contributed by atoms with van der Waals surface area (Å²) in [5, 5.41) is 0. The lowest BCUT2D eigenvalue weighted by Crippen LogP contribution is -2.33. The molecule has 1 amide bonds. The molecule has 0 aliphatic rings. The maximum absolute atomic E-state index is 13.3. The molecule has 3 rings (SSSR count). The second kappa shape index (κ2) is 13.8. The Morgan fingerprint density at radius 2 is 1.75 bits per heavy atom. The van der Waals surface area contributed by atoms with Crippen molar-refractivity contribution in [3.05, 3.63) is 62.6 Å². The third-order valence-corrected chi connectivity index (χ3v) is 6.38. The number of hydrogen-bond acceptors (Lipinski definition) is 5. The lowest BCUT2D eigenvalue weighted by atomic mass is 10.2. The van der Waals surface area contributed by atoms with Crippen LogP contribution in [0.15, 0.2) is 39.9 Å². The van der Waals surface area contributed by atoms with E-state index in [1.807, 2.05) is 34.9 Å². The van der Waals surface area contributed by atoms with Gasteiger partial charge in [-0.15, -0.1) is 0 Å². The molecule has 1 N–H and O–H groups in total. The zero-order chi connectivity index (χ0) is 25.9. The monoisotopic (exact) mass is 497 g/mol. The summed E-state index contributed by atoms with van der Waals surface area (Å²) in [6.45, 7) is 6.75. The standard InChI is InChI=1S/C27H39N5O4/c1-4-6-11-17-31-22(28-25-24(31)26(34)29-27(35)32(25)16-7-5-2)14-15-23(33)30(18-19-36-3)20-21-12-9-8-10-13-21/h8-10,12-13H,4-7,11,14-20H2,1-3H3,(H,29,34,35). The van der Waals surface area contributed by atoms with Gasteiger partial charge in [0.25, 0.3) is 5.56 Å². The molecule has 0 unspecified atom stereocenters. The van der Waals surface area contributed by atoms with E-state index in [1.165, 1.54) is 0 Å².